The lowest BCUT2D eigenvalue weighted by Gasteiger charge is -2.49. The predicted octanol–water partition coefficient (Wildman–Crippen LogP) is -13.8. The van der Waals surface area contributed by atoms with E-state index in [0.29, 0.717) is 0 Å². The molecule has 424 valence electrons. The summed E-state index contributed by atoms with van der Waals surface area (Å²) in [5.74, 6) is -1.50. The molecule has 6 rings (SSSR count). The van der Waals surface area contributed by atoms with Crippen LogP contribution < -0.4 is 10.6 Å². The monoisotopic (exact) mass is 1070 g/mol. The summed E-state index contributed by atoms with van der Waals surface area (Å²) in [6.07, 6.45) is -52.5. The van der Waals surface area contributed by atoms with E-state index in [4.69, 9.17) is 52.1 Å². The van der Waals surface area contributed by atoms with Crippen molar-refractivity contribution in [3.8, 4) is 0 Å². The van der Waals surface area contributed by atoms with Crippen LogP contribution in [0.25, 0.3) is 0 Å². The third-order valence-electron chi connectivity index (χ3n) is 13.2. The molecule has 2 amide bonds. The van der Waals surface area contributed by atoms with Gasteiger partial charge in [-0.05, 0) is 0 Å². The van der Waals surface area contributed by atoms with E-state index in [-0.39, 0.29) is 0 Å². The van der Waals surface area contributed by atoms with Crippen molar-refractivity contribution in [1.82, 2.24) is 10.6 Å². The summed E-state index contributed by atoms with van der Waals surface area (Å²) in [5, 5.41) is 196. The summed E-state index contributed by atoms with van der Waals surface area (Å²) >= 11 is 0. The fourth-order valence-corrected chi connectivity index (χ4v) is 9.20. The molecule has 0 aliphatic carbocycles. The molecule has 73 heavy (non-hydrogen) atoms. The highest BCUT2D eigenvalue weighted by Gasteiger charge is 2.57. The summed E-state index contributed by atoms with van der Waals surface area (Å²) in [5.41, 5.74) is 0. The minimum atomic E-state index is -2.17. The Morgan fingerprint density at radius 3 is 1.18 bits per heavy atom. The van der Waals surface area contributed by atoms with Crippen LogP contribution in [0.1, 0.15) is 13.8 Å². The zero-order chi connectivity index (χ0) is 53.9. The average molecular weight is 1070 g/mol. The van der Waals surface area contributed by atoms with Crippen LogP contribution in [0, 0.1) is 0 Å². The van der Waals surface area contributed by atoms with Gasteiger partial charge in [-0.15, -0.1) is 0 Å². The van der Waals surface area contributed by atoms with Crippen LogP contribution in [0.5, 0.6) is 0 Å². The van der Waals surface area contributed by atoms with Gasteiger partial charge in [-0.25, -0.2) is 0 Å². The molecule has 6 aliphatic heterocycles. The van der Waals surface area contributed by atoms with Crippen LogP contribution in [0.15, 0.2) is 0 Å². The summed E-state index contributed by atoms with van der Waals surface area (Å²) in [6.45, 7) is -3.47. The second-order valence-corrected chi connectivity index (χ2v) is 18.3. The number of aliphatic hydroxyl groups excluding tert-OH is 18. The van der Waals surface area contributed by atoms with Crippen molar-refractivity contribution < 1.29 is 154 Å². The van der Waals surface area contributed by atoms with Crippen LogP contribution in [-0.4, -0.2) is 327 Å². The van der Waals surface area contributed by atoms with Gasteiger partial charge in [-0.3, -0.25) is 9.59 Å². The van der Waals surface area contributed by atoms with Crippen LogP contribution >= 0.6 is 0 Å². The van der Waals surface area contributed by atoms with E-state index in [1.54, 1.807) is 0 Å². The average Bonchev–Trinajstić information content (AvgIpc) is 3.36. The highest BCUT2D eigenvalue weighted by atomic mass is 16.8. The number of amides is 2. The number of nitrogens with one attached hydrogen (secondary N) is 2. The van der Waals surface area contributed by atoms with E-state index in [0.717, 1.165) is 13.8 Å². The van der Waals surface area contributed by atoms with Gasteiger partial charge >= 0.3 is 0 Å². The second kappa shape index (κ2) is 26.0. The largest absolute Gasteiger partial charge is 0.394 e. The van der Waals surface area contributed by atoms with Gasteiger partial charge in [0.05, 0.1) is 39.6 Å². The quantitative estimate of drug-likeness (QED) is 0.0606. The molecule has 6 saturated heterocycles. The first-order valence-electron chi connectivity index (χ1n) is 23.1. The molecule has 0 aromatic heterocycles. The Morgan fingerprint density at radius 2 is 0.685 bits per heavy atom. The van der Waals surface area contributed by atoms with Gasteiger partial charge in [0.2, 0.25) is 11.8 Å². The molecule has 0 aromatic carbocycles. The third-order valence-corrected chi connectivity index (χ3v) is 13.2. The molecule has 0 saturated carbocycles. The summed E-state index contributed by atoms with van der Waals surface area (Å²) < 4.78 is 62.3. The summed E-state index contributed by atoms with van der Waals surface area (Å²) in [6, 6.07) is -3.19. The van der Waals surface area contributed by atoms with Crippen LogP contribution in [-0.2, 0) is 61.7 Å². The lowest BCUT2D eigenvalue weighted by atomic mass is 9.94. The zero-order valence-electron chi connectivity index (χ0n) is 38.9. The molecule has 0 unspecified atom stereocenters. The Labute approximate surface area is 413 Å². The minimum absolute atomic E-state index is 0.699. The van der Waals surface area contributed by atoms with Crippen LogP contribution in [0.4, 0.5) is 0 Å². The molecule has 20 N–H and O–H groups in total. The number of ether oxygens (including phenoxy) is 11. The fourth-order valence-electron chi connectivity index (χ4n) is 9.20. The number of carbonyl (C=O) groups is 2. The fraction of sp³-hybridized carbons (Fsp3) is 0.950. The van der Waals surface area contributed by atoms with Gasteiger partial charge in [0.1, 0.15) is 146 Å². The molecule has 0 radical (unpaired) electrons. The Bertz CT molecular complexity index is 1750. The van der Waals surface area contributed by atoms with Gasteiger partial charge in [-0.1, -0.05) is 0 Å². The standard InChI is InChI=1S/C40H68N2O31/c1-9(48)41-17-22(53)31(13(5-45)64-35(17)62)70-36-18(42-10(2)49)23(54)32(14(6-46)67-36)71-38-29(60)25(56)21(52)16(69-38)8-63-40-34(26(57)20(51)12(4-44)66-40)73-39-30(61)27(58)33(15(7-47)68-39)72-37-28(59)24(55)19(50)11(3-43)65-37/h11-40,43-47,50-62H,3-8H2,1-2H3,(H,41,48)(H,42,49)/t11-,12-,13-,14-,15-,16-,17-,18-,19-,20-,21-,22-,23-,24+,25+,26+,27-,28+,29+,30+,31-,32-,33-,34+,35-,36+,37-,38+,39-,40+/m1/s1. The normalized spacial score (nSPS) is 49.8. The molecular weight excluding hydrogens is 1000 g/mol. The molecule has 6 heterocycles. The number of hydrogen-bond acceptors (Lipinski definition) is 31. The van der Waals surface area contributed by atoms with Gasteiger partial charge in [0, 0.05) is 13.8 Å². The Hall–Kier alpha value is -2.22. The van der Waals surface area contributed by atoms with E-state index in [1.807, 2.05) is 0 Å². The van der Waals surface area contributed by atoms with Gasteiger partial charge in [0.25, 0.3) is 0 Å². The van der Waals surface area contributed by atoms with Crippen LogP contribution in [0.2, 0.25) is 0 Å². The molecule has 30 atom stereocenters. The first kappa shape index (κ1) is 60.0. The molecule has 33 nitrogen and oxygen atoms in total. The number of aliphatic hydroxyl groups is 18. The highest BCUT2D eigenvalue weighted by Crippen LogP contribution is 2.36. The predicted molar refractivity (Wildman–Crippen MR) is 222 cm³/mol. The number of hydrogen-bond donors (Lipinski definition) is 20. The lowest BCUT2D eigenvalue weighted by Crippen LogP contribution is -2.70. The molecule has 6 fully saturated rings. The van der Waals surface area contributed by atoms with Gasteiger partial charge < -0.3 is 155 Å². The van der Waals surface area contributed by atoms with Gasteiger partial charge in [0.15, 0.2) is 37.7 Å². The molecule has 6 aliphatic rings. The molecular formula is C40H68N2O31. The highest BCUT2D eigenvalue weighted by molar-refractivity contribution is 5.73. The maximum atomic E-state index is 12.4. The first-order chi connectivity index (χ1) is 34.5. The Balaban J connectivity index is 1.15. The Morgan fingerprint density at radius 1 is 0.356 bits per heavy atom. The molecule has 0 bridgehead atoms. The smallest absolute Gasteiger partial charge is 0.217 e. The van der Waals surface area contributed by atoms with Gasteiger partial charge in [-0.2, -0.15) is 0 Å². The summed E-state index contributed by atoms with van der Waals surface area (Å²) in [4.78, 5) is 24.2. The third kappa shape index (κ3) is 13.0. The number of rotatable bonds is 18. The molecule has 0 spiro atoms. The SMILES string of the molecule is CC(=O)N[C@@H]1[C@@H](O)[C@H](O[C@@H]2O[C@H](CO)[C@@H](O[C@@H]3O[C@H](CO[C@H]4O[C@H](CO)[C@@H](O)[C@H](O)[C@@H]4O[C@H]4O[C@H](CO)[C@@H](O[C@H]5O[C@H](CO)[C@@H](O)[C@H](O)[C@@H]5O)[C@H](O)[C@@H]4O)[C@@H](O)[C@H](O)[C@@H]3O)[C@H](O)[C@H]2NC(C)=O)[C@@H](CO)O[C@H]1O. The minimum Gasteiger partial charge on any atom is -0.394 e. The maximum Gasteiger partial charge on any atom is 0.217 e. The maximum absolute atomic E-state index is 12.4. The summed E-state index contributed by atoms with van der Waals surface area (Å²) in [7, 11) is 0. The van der Waals surface area contributed by atoms with Crippen molar-refractivity contribution >= 4 is 11.8 Å². The van der Waals surface area contributed by atoms with E-state index < -0.39 is 236 Å². The lowest BCUT2D eigenvalue weighted by molar-refractivity contribution is -0.388. The van der Waals surface area contributed by atoms with Crippen LogP contribution in [0.3, 0.4) is 0 Å². The topological polar surface area (TPSA) is 524 Å². The van der Waals surface area contributed by atoms with E-state index in [1.165, 1.54) is 0 Å². The van der Waals surface area contributed by atoms with Crippen molar-refractivity contribution in [2.75, 3.05) is 39.6 Å². The molecule has 0 aromatic rings. The zero-order valence-corrected chi connectivity index (χ0v) is 38.9. The molecule has 33 heteroatoms. The Kier molecular flexibility index (Phi) is 21.3. The van der Waals surface area contributed by atoms with Crippen molar-refractivity contribution in [2.24, 2.45) is 0 Å². The van der Waals surface area contributed by atoms with Crippen molar-refractivity contribution in [3.63, 3.8) is 0 Å². The second-order valence-electron chi connectivity index (χ2n) is 18.3. The van der Waals surface area contributed by atoms with E-state index >= 15 is 0 Å². The van der Waals surface area contributed by atoms with Crippen molar-refractivity contribution in [3.05, 3.63) is 0 Å². The number of carbonyl (C=O) groups excluding carboxylic acids is 2. The van der Waals surface area contributed by atoms with Crippen molar-refractivity contribution in [1.29, 1.82) is 0 Å². The van der Waals surface area contributed by atoms with E-state index in [2.05, 4.69) is 10.6 Å². The van der Waals surface area contributed by atoms with E-state index in [9.17, 15) is 102 Å². The van der Waals surface area contributed by atoms with Crippen molar-refractivity contribution in [2.45, 2.75) is 198 Å². The first-order valence-corrected chi connectivity index (χ1v) is 23.1.